The fourth-order valence-electron chi connectivity index (χ4n) is 2.89. The number of ketones is 1. The van der Waals surface area contributed by atoms with Crippen molar-refractivity contribution in [3.63, 3.8) is 0 Å². The zero-order valence-corrected chi connectivity index (χ0v) is 12.6. The van der Waals surface area contributed by atoms with Crippen molar-refractivity contribution >= 4 is 16.6 Å². The molecule has 0 N–H and O–H groups in total. The van der Waals surface area contributed by atoms with E-state index in [2.05, 4.69) is 23.3 Å². The summed E-state index contributed by atoms with van der Waals surface area (Å²) >= 11 is 0. The maximum atomic E-state index is 12.7. The molecule has 0 fully saturated rings. The molecule has 0 aliphatic carbocycles. The smallest absolute Gasteiger partial charge is 0.170 e. The molecule has 3 nitrogen and oxygen atoms in total. The number of hydrogen-bond acceptors (Lipinski definition) is 2. The molecule has 106 valence electrons. The van der Waals surface area contributed by atoms with E-state index in [9.17, 15) is 4.79 Å². The van der Waals surface area contributed by atoms with Crippen LogP contribution in [0.25, 0.3) is 10.8 Å². The van der Waals surface area contributed by atoms with Gasteiger partial charge in [-0.1, -0.05) is 42.5 Å². The predicted octanol–water partition coefficient (Wildman–Crippen LogP) is 3.62. The Balaban J connectivity index is 2.01. The Hall–Kier alpha value is -2.42. The van der Waals surface area contributed by atoms with Crippen molar-refractivity contribution < 1.29 is 4.79 Å². The van der Waals surface area contributed by atoms with Gasteiger partial charge in [0.25, 0.3) is 0 Å². The maximum absolute atomic E-state index is 12.7. The van der Waals surface area contributed by atoms with Crippen molar-refractivity contribution in [2.24, 2.45) is 7.05 Å². The fraction of sp³-hybridized carbons (Fsp3) is 0.222. The largest absolute Gasteiger partial charge is 0.294 e. The number of Topliss-reactive ketones (excluding diaryl/α,β-unsaturated/α-hetero) is 1. The Morgan fingerprint density at radius 1 is 1.10 bits per heavy atom. The number of nitrogens with zero attached hydrogens (tertiary/aromatic N) is 2. The average Bonchev–Trinajstić information content (AvgIpc) is 2.72. The zero-order valence-electron chi connectivity index (χ0n) is 12.6. The lowest BCUT2D eigenvalue weighted by Gasteiger charge is -2.06. The molecule has 1 heterocycles. The predicted molar refractivity (Wildman–Crippen MR) is 84.7 cm³/mol. The van der Waals surface area contributed by atoms with E-state index in [1.807, 2.05) is 45.2 Å². The second kappa shape index (κ2) is 5.17. The first kappa shape index (κ1) is 13.6. The SMILES string of the molecule is Cc1nn(C)c(C)c1C(=O)Cc1cccc2ccccc12. The lowest BCUT2D eigenvalue weighted by Crippen LogP contribution is -2.07. The molecular formula is C18H18N2O. The molecule has 1 aromatic heterocycles. The highest BCUT2D eigenvalue weighted by Gasteiger charge is 2.18. The molecule has 3 rings (SSSR count). The van der Waals surface area contributed by atoms with Crippen LogP contribution in [0.3, 0.4) is 0 Å². The normalized spacial score (nSPS) is 11.0. The van der Waals surface area contributed by atoms with Crippen molar-refractivity contribution in [1.29, 1.82) is 0 Å². The van der Waals surface area contributed by atoms with Crippen LogP contribution in [0, 0.1) is 13.8 Å². The van der Waals surface area contributed by atoms with Crippen LogP contribution in [0.15, 0.2) is 42.5 Å². The van der Waals surface area contributed by atoms with Gasteiger partial charge in [0.2, 0.25) is 0 Å². The highest BCUT2D eigenvalue weighted by atomic mass is 16.1. The van der Waals surface area contributed by atoms with Crippen molar-refractivity contribution in [2.45, 2.75) is 20.3 Å². The minimum Gasteiger partial charge on any atom is -0.294 e. The summed E-state index contributed by atoms with van der Waals surface area (Å²) in [6, 6.07) is 14.3. The van der Waals surface area contributed by atoms with Crippen molar-refractivity contribution in [3.05, 3.63) is 65.0 Å². The number of carbonyl (C=O) groups excluding carboxylic acids is 1. The second-order valence-corrected chi connectivity index (χ2v) is 5.41. The summed E-state index contributed by atoms with van der Waals surface area (Å²) in [4.78, 5) is 12.7. The van der Waals surface area contributed by atoms with Gasteiger partial charge in [-0.25, -0.2) is 0 Å². The number of rotatable bonds is 3. The van der Waals surface area contributed by atoms with E-state index in [4.69, 9.17) is 0 Å². The van der Waals surface area contributed by atoms with Gasteiger partial charge in [0.1, 0.15) is 0 Å². The van der Waals surface area contributed by atoms with E-state index in [1.54, 1.807) is 4.68 Å². The topological polar surface area (TPSA) is 34.9 Å². The van der Waals surface area contributed by atoms with Gasteiger partial charge < -0.3 is 0 Å². The molecule has 0 unspecified atom stereocenters. The van der Waals surface area contributed by atoms with E-state index in [-0.39, 0.29) is 5.78 Å². The van der Waals surface area contributed by atoms with Crippen LogP contribution in [0.1, 0.15) is 27.3 Å². The third-order valence-electron chi connectivity index (χ3n) is 4.02. The van der Waals surface area contributed by atoms with Crippen LogP contribution < -0.4 is 0 Å². The molecule has 0 radical (unpaired) electrons. The Bertz CT molecular complexity index is 825. The first-order chi connectivity index (χ1) is 10.1. The molecule has 0 atom stereocenters. The Morgan fingerprint density at radius 3 is 2.52 bits per heavy atom. The summed E-state index contributed by atoms with van der Waals surface area (Å²) in [6.07, 6.45) is 0.411. The molecule has 3 heteroatoms. The Morgan fingerprint density at radius 2 is 1.81 bits per heavy atom. The molecule has 0 aliphatic heterocycles. The summed E-state index contributed by atoms with van der Waals surface area (Å²) in [6.45, 7) is 3.83. The third-order valence-corrected chi connectivity index (χ3v) is 4.02. The first-order valence-electron chi connectivity index (χ1n) is 7.08. The molecule has 3 aromatic rings. The zero-order chi connectivity index (χ0) is 15.0. The number of aryl methyl sites for hydroxylation is 2. The molecule has 2 aromatic carbocycles. The minimum absolute atomic E-state index is 0.134. The third kappa shape index (κ3) is 2.35. The van der Waals surface area contributed by atoms with Crippen LogP contribution in [-0.4, -0.2) is 15.6 Å². The summed E-state index contributed by atoms with van der Waals surface area (Å²) in [5.41, 5.74) is 3.56. The van der Waals surface area contributed by atoms with E-state index in [0.717, 1.165) is 27.9 Å². The summed E-state index contributed by atoms with van der Waals surface area (Å²) in [7, 11) is 1.87. The van der Waals surface area contributed by atoms with Gasteiger partial charge in [0.05, 0.1) is 11.3 Å². The summed E-state index contributed by atoms with van der Waals surface area (Å²) in [5, 5.41) is 6.65. The molecule has 0 saturated carbocycles. The van der Waals surface area contributed by atoms with Gasteiger partial charge >= 0.3 is 0 Å². The van der Waals surface area contributed by atoms with Gasteiger partial charge in [-0.2, -0.15) is 5.10 Å². The van der Waals surface area contributed by atoms with Crippen molar-refractivity contribution in [2.75, 3.05) is 0 Å². The lowest BCUT2D eigenvalue weighted by atomic mass is 9.97. The number of benzene rings is 2. The number of carbonyl (C=O) groups is 1. The van der Waals surface area contributed by atoms with Gasteiger partial charge in [0.15, 0.2) is 5.78 Å². The maximum Gasteiger partial charge on any atom is 0.170 e. The standard InChI is InChI=1S/C18H18N2O/c1-12-18(13(2)20(3)19-12)17(21)11-15-9-6-8-14-7-4-5-10-16(14)15/h4-10H,11H2,1-3H3. The highest BCUT2D eigenvalue weighted by molar-refractivity contribution is 6.01. The molecule has 0 bridgehead atoms. The minimum atomic E-state index is 0.134. The number of aromatic nitrogens is 2. The van der Waals surface area contributed by atoms with E-state index >= 15 is 0 Å². The summed E-state index contributed by atoms with van der Waals surface area (Å²) < 4.78 is 1.77. The Kier molecular flexibility index (Phi) is 3.34. The molecule has 0 aliphatic rings. The van der Waals surface area contributed by atoms with Crippen LogP contribution >= 0.6 is 0 Å². The molecule has 0 spiro atoms. The Labute approximate surface area is 124 Å². The highest BCUT2D eigenvalue weighted by Crippen LogP contribution is 2.21. The molecule has 0 amide bonds. The number of hydrogen-bond donors (Lipinski definition) is 0. The molecule has 0 saturated heterocycles. The van der Waals surface area contributed by atoms with Crippen LogP contribution in [0.5, 0.6) is 0 Å². The van der Waals surface area contributed by atoms with Crippen molar-refractivity contribution in [3.8, 4) is 0 Å². The second-order valence-electron chi connectivity index (χ2n) is 5.41. The van der Waals surface area contributed by atoms with Gasteiger partial charge in [-0.3, -0.25) is 9.48 Å². The van der Waals surface area contributed by atoms with E-state index < -0.39 is 0 Å². The van der Waals surface area contributed by atoms with Gasteiger partial charge in [0, 0.05) is 19.2 Å². The van der Waals surface area contributed by atoms with Gasteiger partial charge in [-0.15, -0.1) is 0 Å². The summed E-state index contributed by atoms with van der Waals surface area (Å²) in [5.74, 6) is 0.134. The molecule has 21 heavy (non-hydrogen) atoms. The monoisotopic (exact) mass is 278 g/mol. The van der Waals surface area contributed by atoms with Crippen LogP contribution in [0.4, 0.5) is 0 Å². The lowest BCUT2D eigenvalue weighted by molar-refractivity contribution is 0.0992. The average molecular weight is 278 g/mol. The van der Waals surface area contributed by atoms with Crippen LogP contribution in [0.2, 0.25) is 0 Å². The first-order valence-corrected chi connectivity index (χ1v) is 7.08. The fourth-order valence-corrected chi connectivity index (χ4v) is 2.89. The van der Waals surface area contributed by atoms with E-state index in [1.165, 1.54) is 5.39 Å². The van der Waals surface area contributed by atoms with Gasteiger partial charge in [-0.05, 0) is 30.2 Å². The number of fused-ring (bicyclic) bond motifs is 1. The molecular weight excluding hydrogens is 260 g/mol. The van der Waals surface area contributed by atoms with E-state index in [0.29, 0.717) is 6.42 Å². The quantitative estimate of drug-likeness (QED) is 0.686. The van der Waals surface area contributed by atoms with Crippen LogP contribution in [-0.2, 0) is 13.5 Å². The van der Waals surface area contributed by atoms with Crippen molar-refractivity contribution in [1.82, 2.24) is 9.78 Å².